The maximum Gasteiger partial charge on any atom is 0.104 e. The molecule has 3 atom stereocenters. The molecule has 0 amide bonds. The second kappa shape index (κ2) is 5.77. The number of hydrogen-bond acceptors (Lipinski definition) is 2. The van der Waals surface area contributed by atoms with Gasteiger partial charge in [-0.15, -0.1) is 0 Å². The first-order valence-corrected chi connectivity index (χ1v) is 7.03. The zero-order chi connectivity index (χ0) is 11.4. The van der Waals surface area contributed by atoms with Crippen molar-refractivity contribution < 1.29 is 4.52 Å². The lowest BCUT2D eigenvalue weighted by Gasteiger charge is -2.17. The maximum absolute atomic E-state index is 5.86. The largest absolute Gasteiger partial charge is 0.337 e. The molecule has 0 N–H and O–H groups in total. The van der Waals surface area contributed by atoms with E-state index in [0.717, 1.165) is 0 Å². The molecule has 2 aliphatic heterocycles. The van der Waals surface area contributed by atoms with Crippen LogP contribution in [0.4, 0.5) is 0 Å². The Bertz CT molecular complexity index is 317. The fourth-order valence-electron chi connectivity index (χ4n) is 2.36. The minimum absolute atomic E-state index is 0.331. The van der Waals surface area contributed by atoms with Crippen LogP contribution in [0.5, 0.6) is 0 Å². The molecule has 0 aromatic heterocycles. The third-order valence-electron chi connectivity index (χ3n) is 3.07. The Kier molecular flexibility index (Phi) is 4.34. The summed E-state index contributed by atoms with van der Waals surface area (Å²) in [5, 5.41) is 0. The summed E-state index contributed by atoms with van der Waals surface area (Å²) >= 11 is 0. The Hall–Kier alpha value is -0.430. The Morgan fingerprint density at radius 3 is 2.75 bits per heavy atom. The van der Waals surface area contributed by atoms with Gasteiger partial charge in [0.1, 0.15) is 6.10 Å². The normalized spacial score (nSPS) is 29.9. The summed E-state index contributed by atoms with van der Waals surface area (Å²) in [5.41, 5.74) is 1.34. The van der Waals surface area contributed by atoms with Crippen molar-refractivity contribution >= 4 is 8.96 Å². The third-order valence-corrected chi connectivity index (χ3v) is 4.22. The van der Waals surface area contributed by atoms with E-state index in [9.17, 15) is 0 Å². The fraction of sp³-hybridized carbons (Fsp3) is 0.538. The molecule has 2 saturated heterocycles. The van der Waals surface area contributed by atoms with Crippen LogP contribution < -0.4 is 0 Å². The van der Waals surface area contributed by atoms with E-state index in [2.05, 4.69) is 35.0 Å². The minimum Gasteiger partial charge on any atom is -0.337 e. The van der Waals surface area contributed by atoms with Crippen LogP contribution in [0.1, 0.15) is 38.4 Å². The Labute approximate surface area is 99.9 Å². The van der Waals surface area contributed by atoms with E-state index in [1.54, 1.807) is 0 Å². The van der Waals surface area contributed by atoms with E-state index in [4.69, 9.17) is 4.52 Å². The summed E-state index contributed by atoms with van der Waals surface area (Å²) < 4.78 is 8.34. The van der Waals surface area contributed by atoms with Gasteiger partial charge in [0.05, 0.1) is 8.96 Å². The monoisotopic (exact) mass is 237 g/mol. The summed E-state index contributed by atoms with van der Waals surface area (Å²) in [6, 6.07) is 11.3. The molecule has 2 fully saturated rings. The average Bonchev–Trinajstić information content (AvgIpc) is 2.94. The molecule has 0 bridgehead atoms. The van der Waals surface area contributed by atoms with Crippen molar-refractivity contribution in [1.29, 1.82) is 0 Å². The van der Waals surface area contributed by atoms with Gasteiger partial charge in [0.25, 0.3) is 0 Å². The zero-order valence-corrected chi connectivity index (χ0v) is 11.0. The molecule has 3 unspecified atom stereocenters. The molecular formula is C13H20NOP. The Morgan fingerprint density at radius 1 is 1.25 bits per heavy atom. The van der Waals surface area contributed by atoms with Crippen molar-refractivity contribution in [3.8, 4) is 0 Å². The molecule has 16 heavy (non-hydrogen) atoms. The van der Waals surface area contributed by atoms with Crippen LogP contribution in [-0.2, 0) is 4.52 Å². The Balaban J connectivity index is 0.000000457. The lowest BCUT2D eigenvalue weighted by Crippen LogP contribution is -2.21. The Morgan fingerprint density at radius 2 is 2.00 bits per heavy atom. The summed E-state index contributed by atoms with van der Waals surface area (Å²) in [5.74, 6) is 0. The van der Waals surface area contributed by atoms with E-state index in [-0.39, 0.29) is 0 Å². The quantitative estimate of drug-likeness (QED) is 0.689. The summed E-state index contributed by atoms with van der Waals surface area (Å²) in [6.45, 7) is 5.23. The van der Waals surface area contributed by atoms with Crippen LogP contribution in [0.2, 0.25) is 0 Å². The highest BCUT2D eigenvalue weighted by Gasteiger charge is 2.39. The molecule has 0 spiro atoms. The molecule has 3 heteroatoms. The van der Waals surface area contributed by atoms with E-state index in [1.165, 1.54) is 24.9 Å². The number of fused-ring (bicyclic) bond motifs is 1. The number of hydrogen-bond donors (Lipinski definition) is 0. The van der Waals surface area contributed by atoms with Gasteiger partial charge in [0, 0.05) is 12.6 Å². The third kappa shape index (κ3) is 2.29. The predicted molar refractivity (Wildman–Crippen MR) is 69.7 cm³/mol. The van der Waals surface area contributed by atoms with Gasteiger partial charge in [-0.25, -0.2) is 0 Å². The molecule has 2 nitrogen and oxygen atoms in total. The lowest BCUT2D eigenvalue weighted by atomic mass is 10.0. The second-order valence-electron chi connectivity index (χ2n) is 3.94. The van der Waals surface area contributed by atoms with Gasteiger partial charge in [-0.2, -0.15) is 0 Å². The van der Waals surface area contributed by atoms with Crippen molar-refractivity contribution in [3.63, 3.8) is 0 Å². The van der Waals surface area contributed by atoms with Crippen LogP contribution in [-0.4, -0.2) is 17.3 Å². The van der Waals surface area contributed by atoms with Gasteiger partial charge in [0.2, 0.25) is 0 Å². The fourth-order valence-corrected chi connectivity index (χ4v) is 3.55. The minimum atomic E-state index is 0.331. The lowest BCUT2D eigenvalue weighted by molar-refractivity contribution is 0.216. The molecule has 0 saturated carbocycles. The first kappa shape index (κ1) is 12.0. The summed E-state index contributed by atoms with van der Waals surface area (Å²) in [7, 11) is 0.582. The van der Waals surface area contributed by atoms with Gasteiger partial charge in [-0.3, -0.25) is 4.67 Å². The smallest absolute Gasteiger partial charge is 0.104 e. The number of benzene rings is 1. The van der Waals surface area contributed by atoms with Gasteiger partial charge in [-0.1, -0.05) is 44.2 Å². The summed E-state index contributed by atoms with van der Waals surface area (Å²) in [6.07, 6.45) is 2.97. The standard InChI is InChI=1S/C11H14NOP.C2H6/c1-2-5-9(6-3-1)11-10-7-4-8-12(10)14-13-11;1-2/h1-3,5-6,10-11,14H,4,7-8H2;1-2H3. The molecule has 0 radical (unpaired) electrons. The van der Waals surface area contributed by atoms with Crippen molar-refractivity contribution in [2.75, 3.05) is 6.54 Å². The molecule has 88 valence electrons. The molecule has 0 aliphatic carbocycles. The van der Waals surface area contributed by atoms with E-state index < -0.39 is 0 Å². The number of nitrogens with zero attached hydrogens (tertiary/aromatic N) is 1. The van der Waals surface area contributed by atoms with E-state index >= 15 is 0 Å². The van der Waals surface area contributed by atoms with Crippen molar-refractivity contribution in [3.05, 3.63) is 35.9 Å². The van der Waals surface area contributed by atoms with Crippen LogP contribution >= 0.6 is 8.96 Å². The SMILES string of the molecule is CC.c1ccc(C2OPN3CCCC23)cc1. The highest BCUT2D eigenvalue weighted by molar-refractivity contribution is 7.29. The van der Waals surface area contributed by atoms with Crippen molar-refractivity contribution in [2.45, 2.75) is 38.8 Å². The van der Waals surface area contributed by atoms with E-state index in [1.807, 2.05) is 13.8 Å². The van der Waals surface area contributed by atoms with Crippen LogP contribution in [0.25, 0.3) is 0 Å². The van der Waals surface area contributed by atoms with Gasteiger partial charge in [0.15, 0.2) is 0 Å². The molecule has 2 aliphatic rings. The highest BCUT2D eigenvalue weighted by atomic mass is 31.1. The first-order valence-electron chi connectivity index (χ1n) is 6.18. The molecule has 3 rings (SSSR count). The van der Waals surface area contributed by atoms with Gasteiger partial charge < -0.3 is 4.52 Å². The van der Waals surface area contributed by atoms with Crippen molar-refractivity contribution in [2.24, 2.45) is 0 Å². The maximum atomic E-state index is 5.86. The van der Waals surface area contributed by atoms with Gasteiger partial charge in [-0.05, 0) is 18.4 Å². The molecule has 1 aromatic carbocycles. The predicted octanol–water partition coefficient (Wildman–Crippen LogP) is 3.76. The number of rotatable bonds is 1. The summed E-state index contributed by atoms with van der Waals surface area (Å²) in [4.78, 5) is 0. The van der Waals surface area contributed by atoms with Crippen molar-refractivity contribution in [1.82, 2.24) is 4.67 Å². The second-order valence-corrected chi connectivity index (χ2v) is 4.94. The zero-order valence-electron chi connectivity index (χ0n) is 10.0. The topological polar surface area (TPSA) is 12.5 Å². The van der Waals surface area contributed by atoms with Gasteiger partial charge >= 0.3 is 0 Å². The molecular weight excluding hydrogens is 217 g/mol. The average molecular weight is 237 g/mol. The van der Waals surface area contributed by atoms with Crippen LogP contribution in [0.15, 0.2) is 30.3 Å². The van der Waals surface area contributed by atoms with Crippen LogP contribution in [0, 0.1) is 0 Å². The van der Waals surface area contributed by atoms with E-state index in [0.29, 0.717) is 21.1 Å². The van der Waals surface area contributed by atoms with Crippen LogP contribution in [0.3, 0.4) is 0 Å². The molecule has 1 aromatic rings. The highest BCUT2D eigenvalue weighted by Crippen LogP contribution is 2.48. The molecule has 2 heterocycles. The first-order chi connectivity index (χ1) is 7.95.